The minimum absolute atomic E-state index is 0.379. The monoisotopic (exact) mass is 938 g/mol. The van der Waals surface area contributed by atoms with Gasteiger partial charge in [-0.15, -0.1) is 11.3 Å². The van der Waals surface area contributed by atoms with Crippen molar-refractivity contribution in [3.05, 3.63) is 242 Å². The molecule has 0 aliphatic heterocycles. The second-order valence-electron chi connectivity index (χ2n) is 18.3. The number of aliphatic imine (C=N–C) groups is 3. The fourth-order valence-electron chi connectivity index (χ4n) is 10.9. The molecule has 14 aromatic rings. The highest BCUT2D eigenvalue weighted by atomic mass is 32.1. The Morgan fingerprint density at radius 1 is 0.444 bits per heavy atom. The number of fused-ring (bicyclic) bond motifs is 14. The van der Waals surface area contributed by atoms with Crippen LogP contribution >= 0.6 is 11.3 Å². The molecule has 14 rings (SSSR count). The molecular weight excluding hydrogens is 897 g/mol. The van der Waals surface area contributed by atoms with Gasteiger partial charge < -0.3 is 4.42 Å². The maximum absolute atomic E-state index is 6.29. The van der Waals surface area contributed by atoms with Crippen molar-refractivity contribution in [3.63, 3.8) is 0 Å². The van der Waals surface area contributed by atoms with E-state index in [9.17, 15) is 0 Å². The maximum Gasteiger partial charge on any atom is 0.236 e. The smallest absolute Gasteiger partial charge is 0.236 e. The molecule has 0 atom stereocenters. The molecule has 6 heteroatoms. The average molecular weight is 939 g/mol. The molecule has 0 unspecified atom stereocenters. The Hall–Kier alpha value is -9.23. The number of benzene rings is 11. The van der Waals surface area contributed by atoms with Crippen molar-refractivity contribution in [2.24, 2.45) is 15.0 Å². The van der Waals surface area contributed by atoms with Crippen LogP contribution in [0.3, 0.4) is 0 Å². The number of hydrogen-bond donors (Lipinski definition) is 0. The van der Waals surface area contributed by atoms with Crippen LogP contribution < -0.4 is 0 Å². The summed E-state index contributed by atoms with van der Waals surface area (Å²) in [4.78, 5) is 15.6. The fraction of sp³-hybridized carbons (Fsp3) is 0.0152. The van der Waals surface area contributed by atoms with E-state index in [1.165, 1.54) is 36.7 Å². The Balaban J connectivity index is 0.968. The van der Waals surface area contributed by atoms with Crippen molar-refractivity contribution in [1.29, 1.82) is 0 Å². The summed E-state index contributed by atoms with van der Waals surface area (Å²) >= 11 is 1.86. The standard InChI is InChI=1S/C66H42N4OS/c1-67-66(69-65(42-17-3-2-4-18-42)68-40-41-35-36-52-51-25-9-11-33-58(51)71-59(52)37-41)70-62-47(29-15-32-57(62)61-54-27-7-5-23-49(54)50-24-6-8-28-55(50)63(61)70)45-21-13-19-43(38-45)44-20-14-22-46(39-44)48-30-16-31-56-53-26-10-12-34-60(53)72-64(48)56/h2-39H,1,40H2. The van der Waals surface area contributed by atoms with Gasteiger partial charge >= 0.3 is 0 Å². The molecule has 338 valence electrons. The van der Waals surface area contributed by atoms with Crippen molar-refractivity contribution in [2.75, 3.05) is 0 Å². The highest BCUT2D eigenvalue weighted by molar-refractivity contribution is 7.26. The second-order valence-corrected chi connectivity index (χ2v) is 19.4. The lowest BCUT2D eigenvalue weighted by atomic mass is 9.94. The van der Waals surface area contributed by atoms with Crippen molar-refractivity contribution < 1.29 is 4.42 Å². The summed E-state index contributed by atoms with van der Waals surface area (Å²) in [6.07, 6.45) is 0. The van der Waals surface area contributed by atoms with Crippen molar-refractivity contribution in [2.45, 2.75) is 6.54 Å². The molecule has 3 aromatic heterocycles. The molecule has 0 radical (unpaired) electrons. The van der Waals surface area contributed by atoms with E-state index < -0.39 is 0 Å². The molecule has 0 saturated heterocycles. The largest absolute Gasteiger partial charge is 0.456 e. The SMILES string of the molecule is C=NC(=NC(=NCc1ccc2c(c1)oc1ccccc12)c1ccccc1)n1c2c(-c3cccc(-c4cccc(-c5cccc6c5sc5ccccc56)c4)c3)cccc2c2c3ccccc3c3ccccc3c21. The van der Waals surface area contributed by atoms with Gasteiger partial charge in [0.05, 0.1) is 17.6 Å². The molecule has 0 N–H and O–H groups in total. The van der Waals surface area contributed by atoms with Gasteiger partial charge in [-0.3, -0.25) is 9.56 Å². The number of nitrogens with zero attached hydrogens (tertiary/aromatic N) is 4. The van der Waals surface area contributed by atoms with Crippen LogP contribution in [0, 0.1) is 0 Å². The number of furan rings is 1. The quantitative estimate of drug-likeness (QED) is 0.0931. The van der Waals surface area contributed by atoms with Gasteiger partial charge in [0.25, 0.3) is 0 Å². The van der Waals surface area contributed by atoms with E-state index in [0.717, 1.165) is 93.3 Å². The third-order valence-corrected chi connectivity index (χ3v) is 15.4. The molecule has 0 saturated carbocycles. The van der Waals surface area contributed by atoms with Crippen molar-refractivity contribution >= 4 is 115 Å². The van der Waals surface area contributed by atoms with E-state index in [2.05, 4.69) is 205 Å². The first-order chi connectivity index (χ1) is 35.7. The summed E-state index contributed by atoms with van der Waals surface area (Å²) in [5.41, 5.74) is 12.4. The first-order valence-corrected chi connectivity index (χ1v) is 25.0. The van der Waals surface area contributed by atoms with Gasteiger partial charge in [0.1, 0.15) is 11.2 Å². The molecule has 3 heterocycles. The predicted octanol–water partition coefficient (Wildman–Crippen LogP) is 17.9. The molecule has 11 aromatic carbocycles. The lowest BCUT2D eigenvalue weighted by Gasteiger charge is -2.14. The Morgan fingerprint density at radius 2 is 1.03 bits per heavy atom. The van der Waals surface area contributed by atoms with Crippen LogP contribution in [-0.4, -0.2) is 23.1 Å². The van der Waals surface area contributed by atoms with Gasteiger partial charge in [-0.1, -0.05) is 200 Å². The van der Waals surface area contributed by atoms with Gasteiger partial charge in [-0.2, -0.15) is 4.99 Å². The molecular formula is C66H42N4OS. The van der Waals surface area contributed by atoms with Crippen molar-refractivity contribution in [3.8, 4) is 33.4 Å². The number of thiophene rings is 1. The molecule has 5 nitrogen and oxygen atoms in total. The van der Waals surface area contributed by atoms with E-state index in [-0.39, 0.29) is 0 Å². The normalized spacial score (nSPS) is 12.4. The summed E-state index contributed by atoms with van der Waals surface area (Å²) in [5, 5.41) is 11.6. The summed E-state index contributed by atoms with van der Waals surface area (Å²) in [7, 11) is 0. The Bertz CT molecular complexity index is 4570. The zero-order valence-electron chi connectivity index (χ0n) is 39.0. The zero-order valence-corrected chi connectivity index (χ0v) is 39.8. The average Bonchev–Trinajstić information content (AvgIpc) is 4.14. The third kappa shape index (κ3) is 6.79. The zero-order chi connectivity index (χ0) is 47.7. The molecule has 0 bridgehead atoms. The summed E-state index contributed by atoms with van der Waals surface area (Å²) in [6.45, 7) is 4.62. The minimum Gasteiger partial charge on any atom is -0.456 e. The Labute approximate surface area is 418 Å². The molecule has 0 aliphatic carbocycles. The van der Waals surface area contributed by atoms with E-state index in [1.54, 1.807) is 0 Å². The highest BCUT2D eigenvalue weighted by Crippen LogP contribution is 2.45. The number of amidine groups is 1. The Morgan fingerprint density at radius 3 is 1.81 bits per heavy atom. The third-order valence-electron chi connectivity index (χ3n) is 14.2. The lowest BCUT2D eigenvalue weighted by molar-refractivity contribution is 0.668. The van der Waals surface area contributed by atoms with Crippen LogP contribution in [0.5, 0.6) is 0 Å². The number of hydrogen-bond acceptors (Lipinski definition) is 3. The first-order valence-electron chi connectivity index (χ1n) is 24.2. The van der Waals surface area contributed by atoms with Crippen LogP contribution in [-0.2, 0) is 6.54 Å². The first kappa shape index (κ1) is 41.7. The van der Waals surface area contributed by atoms with Gasteiger partial charge in [-0.25, -0.2) is 4.99 Å². The molecule has 0 spiro atoms. The number of aromatic nitrogens is 1. The van der Waals surface area contributed by atoms with Gasteiger partial charge in [0.2, 0.25) is 5.96 Å². The van der Waals surface area contributed by atoms with E-state index in [1.807, 2.05) is 47.7 Å². The fourth-order valence-corrected chi connectivity index (χ4v) is 12.2. The molecule has 0 amide bonds. The number of para-hydroxylation sites is 2. The molecule has 0 fully saturated rings. The van der Waals surface area contributed by atoms with Gasteiger partial charge in [-0.05, 0) is 86.6 Å². The Kier molecular flexibility index (Phi) is 9.86. The van der Waals surface area contributed by atoms with Crippen LogP contribution in [0.1, 0.15) is 11.1 Å². The number of rotatable bonds is 6. The van der Waals surface area contributed by atoms with E-state index in [0.29, 0.717) is 18.3 Å². The second kappa shape index (κ2) is 17.0. The van der Waals surface area contributed by atoms with E-state index >= 15 is 0 Å². The summed E-state index contributed by atoms with van der Waals surface area (Å²) < 4.78 is 11.1. The van der Waals surface area contributed by atoms with Crippen LogP contribution in [0.2, 0.25) is 0 Å². The minimum atomic E-state index is 0.379. The lowest BCUT2D eigenvalue weighted by Crippen LogP contribution is -2.13. The molecule has 0 aliphatic rings. The van der Waals surface area contributed by atoms with Gasteiger partial charge in [0, 0.05) is 58.2 Å². The maximum atomic E-state index is 6.29. The van der Waals surface area contributed by atoms with E-state index in [4.69, 9.17) is 19.4 Å². The van der Waals surface area contributed by atoms with Crippen LogP contribution in [0.15, 0.2) is 250 Å². The molecule has 72 heavy (non-hydrogen) atoms. The van der Waals surface area contributed by atoms with Gasteiger partial charge in [0.15, 0.2) is 5.84 Å². The summed E-state index contributed by atoms with van der Waals surface area (Å²) in [5.74, 6) is 0.978. The summed E-state index contributed by atoms with van der Waals surface area (Å²) in [6, 6.07) is 81.9. The topological polar surface area (TPSA) is 55.1 Å². The van der Waals surface area contributed by atoms with Crippen molar-refractivity contribution in [1.82, 2.24) is 4.57 Å². The van der Waals surface area contributed by atoms with Crippen LogP contribution in [0.4, 0.5) is 0 Å². The highest BCUT2D eigenvalue weighted by Gasteiger charge is 2.24. The predicted molar refractivity (Wildman–Crippen MR) is 306 cm³/mol. The van der Waals surface area contributed by atoms with Crippen LogP contribution in [0.25, 0.3) is 119 Å².